The van der Waals surface area contributed by atoms with Crippen molar-refractivity contribution in [3.8, 4) is 0 Å². The maximum absolute atomic E-state index is 10.1. The summed E-state index contributed by atoms with van der Waals surface area (Å²) in [5, 5.41) is 38.9. The Morgan fingerprint density at radius 2 is 1.24 bits per heavy atom. The molecule has 0 saturated heterocycles. The van der Waals surface area contributed by atoms with Crippen molar-refractivity contribution in [1.82, 2.24) is 0 Å². The minimum atomic E-state index is -2.97. The van der Waals surface area contributed by atoms with Gasteiger partial charge in [-0.3, -0.25) is 0 Å². The summed E-state index contributed by atoms with van der Waals surface area (Å²) in [7, 11) is 0. The van der Waals surface area contributed by atoms with Crippen molar-refractivity contribution in [1.29, 1.82) is 0 Å². The summed E-state index contributed by atoms with van der Waals surface area (Å²) in [6, 6.07) is 0. The van der Waals surface area contributed by atoms with E-state index >= 15 is 0 Å². The van der Waals surface area contributed by atoms with Crippen LogP contribution in [0, 0.1) is 0 Å². The summed E-state index contributed by atoms with van der Waals surface area (Å²) in [5.74, 6) is -5.98. The predicted molar refractivity (Wildman–Crippen MR) is 30.3 cm³/mol. The number of rotatable bonds is 5. The van der Waals surface area contributed by atoms with E-state index in [9.17, 15) is 29.7 Å². The first-order chi connectivity index (χ1) is 5.78. The van der Waals surface area contributed by atoms with E-state index in [4.69, 9.17) is 5.11 Å². The third kappa shape index (κ3) is 14.5. The number of carboxylic acids is 3. The van der Waals surface area contributed by atoms with Crippen molar-refractivity contribution in [2.24, 2.45) is 0 Å². The molecule has 0 aromatic heterocycles. The second-order valence-corrected chi connectivity index (χ2v) is 2.42. The molecule has 0 aliphatic heterocycles. The number of halogens is 1. The molecule has 1 N–H and O–H groups in total. The molecule has 0 aromatic carbocycles. The second kappa shape index (κ2) is 14.7. The number of carboxylic acid groups (broad SMARTS) is 3. The molecule has 0 atom stereocenters. The van der Waals surface area contributed by atoms with Gasteiger partial charge >= 0.3 is 112 Å². The number of carbonyl (C=O) groups is 3. The van der Waals surface area contributed by atoms with Gasteiger partial charge in [-0.15, -0.1) is 0 Å². The molecule has 0 amide bonds. The maximum atomic E-state index is 10.1. The zero-order valence-corrected chi connectivity index (χ0v) is 17.6. The Bertz CT molecular complexity index is 252. The molecule has 7 nitrogen and oxygen atoms in total. The Labute approximate surface area is 192 Å². The molecule has 0 saturated carbocycles. The molecular weight excluding hydrogens is 305 g/mol. The molecule has 0 aliphatic rings. The van der Waals surface area contributed by atoms with Crippen LogP contribution < -0.4 is 138 Å². The number of aliphatic carboxylic acids is 3. The molecule has 0 bridgehead atoms. The Morgan fingerprint density at radius 1 is 1.00 bits per heavy atom. The second-order valence-electron chi connectivity index (χ2n) is 2.42. The van der Waals surface area contributed by atoms with Gasteiger partial charge in [-0.05, 0) is 0 Å². The summed E-state index contributed by atoms with van der Waals surface area (Å²) < 4.78 is 0. The molecule has 0 fully saturated rings. The van der Waals surface area contributed by atoms with Crippen LogP contribution in [0.2, 0.25) is 0 Å². The van der Waals surface area contributed by atoms with Crippen LogP contribution in [0.25, 0.3) is 0 Å². The molecule has 0 rings (SSSR count). The SMILES string of the molecule is O=C([O-])CC(O)(CC(=O)[O-])C(=O)[O-].[Cl-].[H+].[K+].[Na+].[Na+]. The first-order valence-electron chi connectivity index (χ1n) is 3.11. The van der Waals surface area contributed by atoms with Crippen molar-refractivity contribution in [3.05, 3.63) is 0 Å². The third-order valence-corrected chi connectivity index (χ3v) is 1.25. The van der Waals surface area contributed by atoms with Gasteiger partial charge in [0.1, 0.15) is 5.60 Å². The third-order valence-electron chi connectivity index (χ3n) is 1.25. The van der Waals surface area contributed by atoms with Crippen LogP contribution in [0.1, 0.15) is 14.3 Å². The average molecular weight is 311 g/mol. The molecule has 0 radical (unpaired) electrons. The normalized spacial score (nSPS) is 8.29. The molecule has 0 unspecified atom stereocenters. The van der Waals surface area contributed by atoms with Crippen LogP contribution in [0.5, 0.6) is 0 Å². The van der Waals surface area contributed by atoms with Crippen molar-refractivity contribution in [2.45, 2.75) is 18.4 Å². The van der Waals surface area contributed by atoms with Gasteiger partial charge in [-0.25, -0.2) is 0 Å². The fraction of sp³-hybridized carbons (Fsp3) is 0.500. The van der Waals surface area contributed by atoms with E-state index < -0.39 is 36.4 Å². The molecule has 0 aliphatic carbocycles. The summed E-state index contributed by atoms with van der Waals surface area (Å²) >= 11 is 0. The van der Waals surface area contributed by atoms with Crippen molar-refractivity contribution in [2.75, 3.05) is 0 Å². The standard InChI is InChI=1S/C6H8O7.ClH.K.2Na/c7-3(8)1-6(13,5(11)12)2-4(9)10;;;;/h13H,1-2H2,(H,7,8)(H,9,10)(H,11,12);1H;;;/q;;3*+1/p-3. The Kier molecular flexibility index (Phi) is 27.3. The van der Waals surface area contributed by atoms with E-state index in [1.54, 1.807) is 0 Å². The van der Waals surface area contributed by atoms with Crippen LogP contribution in [0.15, 0.2) is 0 Å². The maximum Gasteiger partial charge on any atom is 1.00 e. The van der Waals surface area contributed by atoms with Gasteiger partial charge in [-0.2, -0.15) is 0 Å². The van der Waals surface area contributed by atoms with Gasteiger partial charge in [0.15, 0.2) is 0 Å². The zero-order valence-electron chi connectivity index (χ0n) is 10.7. The Hall–Kier alpha value is 2.30. The van der Waals surface area contributed by atoms with Gasteiger partial charge < -0.3 is 47.2 Å². The van der Waals surface area contributed by atoms with Gasteiger partial charge in [0.2, 0.25) is 0 Å². The quantitative estimate of drug-likeness (QED) is 0.497. The molecular formula is C6H6ClKNa2O7. The largest absolute Gasteiger partial charge is 1.00 e. The summed E-state index contributed by atoms with van der Waals surface area (Å²) in [6.07, 6.45) is -2.72. The Balaban J connectivity index is -0.0000000720. The minimum Gasteiger partial charge on any atom is -1.00 e. The monoisotopic (exact) mass is 310 g/mol. The Morgan fingerprint density at radius 3 is 1.35 bits per heavy atom. The first-order valence-corrected chi connectivity index (χ1v) is 3.11. The predicted octanol–water partition coefficient (Wildman–Crippen LogP) is -17.1. The van der Waals surface area contributed by atoms with E-state index in [1.165, 1.54) is 0 Å². The summed E-state index contributed by atoms with van der Waals surface area (Å²) in [5.41, 5.74) is -2.97. The van der Waals surface area contributed by atoms with Gasteiger partial charge in [0.05, 0.1) is 5.97 Å². The van der Waals surface area contributed by atoms with Gasteiger partial charge in [-0.1, -0.05) is 0 Å². The molecule has 0 heterocycles. The van der Waals surface area contributed by atoms with E-state index in [-0.39, 0.29) is 124 Å². The summed E-state index contributed by atoms with van der Waals surface area (Å²) in [6.45, 7) is 0. The topological polar surface area (TPSA) is 141 Å². The smallest absolute Gasteiger partial charge is 1.00 e. The van der Waals surface area contributed by atoms with Gasteiger partial charge in [0, 0.05) is 24.8 Å². The van der Waals surface area contributed by atoms with Crippen LogP contribution in [0.4, 0.5) is 0 Å². The van der Waals surface area contributed by atoms with E-state index in [2.05, 4.69) is 0 Å². The number of hydrogen-bond acceptors (Lipinski definition) is 7. The molecule has 11 heteroatoms. The van der Waals surface area contributed by atoms with Crippen LogP contribution in [-0.2, 0) is 14.4 Å². The van der Waals surface area contributed by atoms with Crippen LogP contribution in [0.3, 0.4) is 0 Å². The first kappa shape index (κ1) is 31.6. The van der Waals surface area contributed by atoms with Crippen LogP contribution in [-0.4, -0.2) is 28.6 Å². The fourth-order valence-electron chi connectivity index (χ4n) is 0.684. The fourth-order valence-corrected chi connectivity index (χ4v) is 0.684. The average Bonchev–Trinajstić information content (AvgIpc) is 1.82. The van der Waals surface area contributed by atoms with Crippen molar-refractivity contribution >= 4 is 17.9 Å². The molecule has 0 spiro atoms. The zero-order chi connectivity index (χ0) is 10.6. The number of hydrogen-bond donors (Lipinski definition) is 1. The summed E-state index contributed by atoms with van der Waals surface area (Å²) in [4.78, 5) is 30.0. The molecule has 82 valence electrons. The van der Waals surface area contributed by atoms with E-state index in [0.717, 1.165) is 0 Å². The van der Waals surface area contributed by atoms with Crippen molar-refractivity contribution in [3.63, 3.8) is 0 Å². The number of aliphatic hydroxyl groups is 1. The van der Waals surface area contributed by atoms with Crippen molar-refractivity contribution < 1.29 is 159 Å². The van der Waals surface area contributed by atoms with E-state index in [1.807, 2.05) is 0 Å². The minimum absolute atomic E-state index is 0. The molecule has 17 heavy (non-hydrogen) atoms. The van der Waals surface area contributed by atoms with Crippen LogP contribution >= 0.6 is 0 Å². The molecule has 0 aromatic rings. The number of carbonyl (C=O) groups excluding carboxylic acids is 3. The van der Waals surface area contributed by atoms with Gasteiger partial charge in [0.25, 0.3) is 0 Å². The van der Waals surface area contributed by atoms with E-state index in [0.29, 0.717) is 0 Å².